The lowest BCUT2D eigenvalue weighted by atomic mass is 10.0. The van der Waals surface area contributed by atoms with Gasteiger partial charge in [-0.2, -0.15) is 13.2 Å². The van der Waals surface area contributed by atoms with Crippen molar-refractivity contribution in [3.63, 3.8) is 0 Å². The van der Waals surface area contributed by atoms with E-state index in [0.29, 0.717) is 5.56 Å². The largest absolute Gasteiger partial charge is 0.497 e. The predicted octanol–water partition coefficient (Wildman–Crippen LogP) is 4.68. The molecule has 0 spiro atoms. The van der Waals surface area contributed by atoms with Gasteiger partial charge < -0.3 is 10.1 Å². The van der Waals surface area contributed by atoms with Crippen LogP contribution >= 0.6 is 11.8 Å². The Bertz CT molecular complexity index is 717. The number of nitrogens with one attached hydrogen (secondary N) is 1. The van der Waals surface area contributed by atoms with E-state index in [-0.39, 0.29) is 11.7 Å². The van der Waals surface area contributed by atoms with Crippen LogP contribution in [0.3, 0.4) is 0 Å². The van der Waals surface area contributed by atoms with Crippen molar-refractivity contribution in [2.75, 3.05) is 12.9 Å². The zero-order chi connectivity index (χ0) is 18.4. The number of benzene rings is 2. The van der Waals surface area contributed by atoms with Gasteiger partial charge >= 0.3 is 6.18 Å². The van der Waals surface area contributed by atoms with Crippen LogP contribution in [0.2, 0.25) is 0 Å². The number of thioether (sulfide) groups is 1. The van der Waals surface area contributed by atoms with Crippen LogP contribution in [0.15, 0.2) is 53.4 Å². The van der Waals surface area contributed by atoms with Crippen molar-refractivity contribution >= 4 is 17.7 Å². The Balaban J connectivity index is 1.91. The number of alkyl halides is 3. The van der Waals surface area contributed by atoms with E-state index in [1.807, 2.05) is 12.1 Å². The number of ether oxygens (including phenoxy) is 1. The molecule has 2 rings (SSSR count). The Morgan fingerprint density at radius 2 is 1.88 bits per heavy atom. The Kier molecular flexibility index (Phi) is 6.36. The minimum absolute atomic E-state index is 0.176. The van der Waals surface area contributed by atoms with Crippen molar-refractivity contribution in [1.29, 1.82) is 0 Å². The number of amides is 1. The molecule has 2 aromatic rings. The molecule has 0 saturated carbocycles. The predicted molar refractivity (Wildman–Crippen MR) is 91.7 cm³/mol. The van der Waals surface area contributed by atoms with Gasteiger partial charge in [0.05, 0.1) is 24.5 Å². The lowest BCUT2D eigenvalue weighted by Crippen LogP contribution is -2.28. The third-order valence-corrected chi connectivity index (χ3v) is 4.53. The van der Waals surface area contributed by atoms with Crippen LogP contribution in [0.25, 0.3) is 0 Å². The van der Waals surface area contributed by atoms with Gasteiger partial charge in [0.1, 0.15) is 5.75 Å². The van der Waals surface area contributed by atoms with E-state index in [1.165, 1.54) is 17.8 Å². The minimum Gasteiger partial charge on any atom is -0.497 e. The smallest absolute Gasteiger partial charge is 0.416 e. The van der Waals surface area contributed by atoms with E-state index in [1.54, 1.807) is 32.2 Å². The molecule has 0 aliphatic carbocycles. The fraction of sp³-hybridized carbons (Fsp3) is 0.278. The molecule has 0 aliphatic heterocycles. The number of methoxy groups -OCH3 is 1. The van der Waals surface area contributed by atoms with Gasteiger partial charge in [0.2, 0.25) is 5.91 Å². The van der Waals surface area contributed by atoms with Crippen molar-refractivity contribution in [2.24, 2.45) is 0 Å². The highest BCUT2D eigenvalue weighted by molar-refractivity contribution is 8.00. The Hall–Kier alpha value is -2.15. The monoisotopic (exact) mass is 369 g/mol. The van der Waals surface area contributed by atoms with Crippen LogP contribution in [0, 0.1) is 0 Å². The molecule has 2 aromatic carbocycles. The van der Waals surface area contributed by atoms with E-state index in [0.717, 1.165) is 22.8 Å². The summed E-state index contributed by atoms with van der Waals surface area (Å²) >= 11 is 1.34. The first kappa shape index (κ1) is 19.2. The molecule has 0 heterocycles. The van der Waals surface area contributed by atoms with Crippen LogP contribution in [0.5, 0.6) is 5.75 Å². The summed E-state index contributed by atoms with van der Waals surface area (Å²) in [5.41, 5.74) is -0.309. The van der Waals surface area contributed by atoms with E-state index >= 15 is 0 Å². The summed E-state index contributed by atoms with van der Waals surface area (Å²) in [4.78, 5) is 12.9. The van der Waals surface area contributed by atoms with Gasteiger partial charge in [-0.1, -0.05) is 12.1 Å². The Labute approximate surface area is 148 Å². The summed E-state index contributed by atoms with van der Waals surface area (Å²) < 4.78 is 43.3. The standard InChI is InChI=1S/C18H18F3NO2S/c1-12(13-4-3-5-14(10-13)18(19,20)21)22-17(23)11-25-16-8-6-15(24-2)7-9-16/h3-10,12H,11H2,1-2H3,(H,22,23)/t12-/m1/s1. The maximum absolute atomic E-state index is 12.8. The highest BCUT2D eigenvalue weighted by atomic mass is 32.2. The molecule has 0 unspecified atom stereocenters. The fourth-order valence-corrected chi connectivity index (χ4v) is 2.88. The average Bonchev–Trinajstić information content (AvgIpc) is 2.59. The normalized spacial score (nSPS) is 12.5. The second kappa shape index (κ2) is 8.29. The number of rotatable bonds is 6. The highest BCUT2D eigenvalue weighted by Gasteiger charge is 2.30. The number of carbonyl (C=O) groups excluding carboxylic acids is 1. The zero-order valence-corrected chi connectivity index (χ0v) is 14.6. The van der Waals surface area contributed by atoms with Crippen molar-refractivity contribution < 1.29 is 22.7 Å². The maximum atomic E-state index is 12.8. The molecule has 25 heavy (non-hydrogen) atoms. The van der Waals surface area contributed by atoms with Crippen molar-refractivity contribution in [1.82, 2.24) is 5.32 Å². The van der Waals surface area contributed by atoms with Gasteiger partial charge in [-0.3, -0.25) is 4.79 Å². The molecule has 0 aliphatic rings. The number of hydrogen-bond donors (Lipinski definition) is 1. The number of carbonyl (C=O) groups is 1. The molecule has 7 heteroatoms. The second-order valence-corrected chi connectivity index (χ2v) is 6.43. The molecule has 1 amide bonds. The van der Waals surface area contributed by atoms with Crippen molar-refractivity contribution in [3.8, 4) is 5.75 Å². The molecule has 1 N–H and O–H groups in total. The summed E-state index contributed by atoms with van der Waals surface area (Å²) in [5.74, 6) is 0.660. The van der Waals surface area contributed by atoms with E-state index in [2.05, 4.69) is 5.32 Å². The van der Waals surface area contributed by atoms with Crippen LogP contribution in [-0.2, 0) is 11.0 Å². The first-order valence-electron chi connectivity index (χ1n) is 7.53. The van der Waals surface area contributed by atoms with Gasteiger partial charge in [-0.15, -0.1) is 11.8 Å². The summed E-state index contributed by atoms with van der Waals surface area (Å²) in [7, 11) is 1.57. The zero-order valence-electron chi connectivity index (χ0n) is 13.8. The van der Waals surface area contributed by atoms with Crippen LogP contribution in [-0.4, -0.2) is 18.8 Å². The molecule has 0 fully saturated rings. The molecular weight excluding hydrogens is 351 g/mol. The van der Waals surface area contributed by atoms with Crippen LogP contribution in [0.1, 0.15) is 24.1 Å². The third kappa shape index (κ3) is 5.70. The summed E-state index contributed by atoms with van der Waals surface area (Å²) in [6.07, 6.45) is -4.40. The van der Waals surface area contributed by atoms with E-state index in [4.69, 9.17) is 4.74 Å². The quantitative estimate of drug-likeness (QED) is 0.751. The van der Waals surface area contributed by atoms with E-state index < -0.39 is 17.8 Å². The number of hydrogen-bond acceptors (Lipinski definition) is 3. The molecule has 0 saturated heterocycles. The second-order valence-electron chi connectivity index (χ2n) is 5.38. The minimum atomic E-state index is -4.40. The van der Waals surface area contributed by atoms with Crippen LogP contribution < -0.4 is 10.1 Å². The molecule has 1 atom stereocenters. The maximum Gasteiger partial charge on any atom is 0.416 e. The van der Waals surface area contributed by atoms with Gasteiger partial charge in [0, 0.05) is 4.90 Å². The van der Waals surface area contributed by atoms with E-state index in [9.17, 15) is 18.0 Å². The first-order valence-corrected chi connectivity index (χ1v) is 8.51. The van der Waals surface area contributed by atoms with Gasteiger partial charge in [0.15, 0.2) is 0 Å². The lowest BCUT2D eigenvalue weighted by Gasteiger charge is -2.16. The Morgan fingerprint density at radius 3 is 2.48 bits per heavy atom. The van der Waals surface area contributed by atoms with Gasteiger partial charge in [0.25, 0.3) is 0 Å². The fourth-order valence-electron chi connectivity index (χ4n) is 2.17. The summed E-state index contributed by atoms with van der Waals surface area (Å²) in [6, 6.07) is 11.7. The van der Waals surface area contributed by atoms with Gasteiger partial charge in [-0.05, 0) is 48.9 Å². The average molecular weight is 369 g/mol. The van der Waals surface area contributed by atoms with Crippen LogP contribution in [0.4, 0.5) is 13.2 Å². The molecular formula is C18H18F3NO2S. The Morgan fingerprint density at radius 1 is 1.20 bits per heavy atom. The molecule has 0 bridgehead atoms. The highest BCUT2D eigenvalue weighted by Crippen LogP contribution is 2.30. The number of halogens is 3. The van der Waals surface area contributed by atoms with Crippen molar-refractivity contribution in [2.45, 2.75) is 24.0 Å². The topological polar surface area (TPSA) is 38.3 Å². The molecule has 0 radical (unpaired) electrons. The van der Waals surface area contributed by atoms with Gasteiger partial charge in [-0.25, -0.2) is 0 Å². The molecule has 134 valence electrons. The first-order chi connectivity index (χ1) is 11.8. The van der Waals surface area contributed by atoms with Crippen molar-refractivity contribution in [3.05, 3.63) is 59.7 Å². The third-order valence-electron chi connectivity index (χ3n) is 3.52. The SMILES string of the molecule is COc1ccc(SCC(=O)N[C@H](C)c2cccc(C(F)(F)F)c2)cc1. The summed E-state index contributed by atoms with van der Waals surface area (Å²) in [5, 5.41) is 2.72. The molecule has 0 aromatic heterocycles. The summed E-state index contributed by atoms with van der Waals surface area (Å²) in [6.45, 7) is 1.66. The molecule has 3 nitrogen and oxygen atoms in total. The lowest BCUT2D eigenvalue weighted by molar-refractivity contribution is -0.137.